The van der Waals surface area contributed by atoms with Crippen LogP contribution in [0.3, 0.4) is 0 Å². The number of aromatic carboxylic acids is 1. The van der Waals surface area contributed by atoms with Crippen LogP contribution in [0.25, 0.3) is 0 Å². The van der Waals surface area contributed by atoms with Crippen LogP contribution in [0, 0.1) is 6.92 Å². The molecule has 0 spiro atoms. The SMILES string of the molecule is Cc1ccc(CCCC(=O)NCc2nc(C(=O)O)cs2)cc1. The predicted octanol–water partition coefficient (Wildman–Crippen LogP) is 2.79. The summed E-state index contributed by atoms with van der Waals surface area (Å²) in [6.07, 6.45) is 2.10. The van der Waals surface area contributed by atoms with Crippen LogP contribution in [0.5, 0.6) is 0 Å². The third kappa shape index (κ3) is 4.96. The van der Waals surface area contributed by atoms with Crippen molar-refractivity contribution in [3.63, 3.8) is 0 Å². The summed E-state index contributed by atoms with van der Waals surface area (Å²) in [6, 6.07) is 8.29. The molecule has 1 aromatic heterocycles. The van der Waals surface area contributed by atoms with Gasteiger partial charge in [-0.15, -0.1) is 11.3 Å². The van der Waals surface area contributed by atoms with E-state index >= 15 is 0 Å². The summed E-state index contributed by atoms with van der Waals surface area (Å²) in [4.78, 5) is 26.4. The third-order valence-electron chi connectivity index (χ3n) is 3.20. The number of nitrogens with zero attached hydrogens (tertiary/aromatic N) is 1. The van der Waals surface area contributed by atoms with E-state index in [2.05, 4.69) is 34.6 Å². The standard InChI is InChI=1S/C16H18N2O3S/c1-11-5-7-12(8-6-11)3-2-4-14(19)17-9-15-18-13(10-22-15)16(20)21/h5-8,10H,2-4,9H2,1H3,(H,17,19)(H,20,21). The number of carboxylic acid groups (broad SMARTS) is 1. The van der Waals surface area contributed by atoms with Gasteiger partial charge in [0.15, 0.2) is 5.69 Å². The van der Waals surface area contributed by atoms with E-state index < -0.39 is 5.97 Å². The Hall–Kier alpha value is -2.21. The lowest BCUT2D eigenvalue weighted by atomic mass is 10.1. The van der Waals surface area contributed by atoms with E-state index in [-0.39, 0.29) is 18.1 Å². The second kappa shape index (κ2) is 7.70. The molecule has 0 fully saturated rings. The highest BCUT2D eigenvalue weighted by Crippen LogP contribution is 2.10. The predicted molar refractivity (Wildman–Crippen MR) is 85.0 cm³/mol. The van der Waals surface area contributed by atoms with Crippen LogP contribution >= 0.6 is 11.3 Å². The molecule has 22 heavy (non-hydrogen) atoms. The molecule has 1 amide bonds. The Kier molecular flexibility index (Phi) is 5.66. The van der Waals surface area contributed by atoms with Crippen molar-refractivity contribution in [3.05, 3.63) is 51.5 Å². The molecule has 2 aromatic rings. The quantitative estimate of drug-likeness (QED) is 0.823. The first kappa shape index (κ1) is 16.2. The van der Waals surface area contributed by atoms with Crippen LogP contribution in [0.1, 0.15) is 39.5 Å². The zero-order chi connectivity index (χ0) is 15.9. The lowest BCUT2D eigenvalue weighted by Gasteiger charge is -2.04. The smallest absolute Gasteiger partial charge is 0.355 e. The average Bonchev–Trinajstić information content (AvgIpc) is 2.96. The van der Waals surface area contributed by atoms with Gasteiger partial charge in [-0.3, -0.25) is 4.79 Å². The molecular weight excluding hydrogens is 300 g/mol. The van der Waals surface area contributed by atoms with Crippen molar-refractivity contribution in [2.45, 2.75) is 32.7 Å². The number of thiazole rings is 1. The van der Waals surface area contributed by atoms with Gasteiger partial charge in [0.05, 0.1) is 6.54 Å². The number of hydrogen-bond donors (Lipinski definition) is 2. The molecule has 0 atom stereocenters. The van der Waals surface area contributed by atoms with Gasteiger partial charge in [-0.2, -0.15) is 0 Å². The molecule has 116 valence electrons. The Morgan fingerprint density at radius 1 is 1.27 bits per heavy atom. The van der Waals surface area contributed by atoms with Gasteiger partial charge in [-0.25, -0.2) is 9.78 Å². The van der Waals surface area contributed by atoms with Gasteiger partial charge in [0.2, 0.25) is 5.91 Å². The van der Waals surface area contributed by atoms with Crippen molar-refractivity contribution in [2.24, 2.45) is 0 Å². The highest BCUT2D eigenvalue weighted by atomic mass is 32.1. The van der Waals surface area contributed by atoms with Gasteiger partial charge in [-0.1, -0.05) is 29.8 Å². The first-order valence-electron chi connectivity index (χ1n) is 7.04. The van der Waals surface area contributed by atoms with Crippen LogP contribution in [0.4, 0.5) is 0 Å². The van der Waals surface area contributed by atoms with Crippen LogP contribution in [0.15, 0.2) is 29.6 Å². The summed E-state index contributed by atoms with van der Waals surface area (Å²) in [7, 11) is 0. The number of carbonyl (C=O) groups is 2. The number of aromatic nitrogens is 1. The van der Waals surface area contributed by atoms with Crippen molar-refractivity contribution in [1.82, 2.24) is 10.3 Å². The Bertz CT molecular complexity index is 650. The van der Waals surface area contributed by atoms with Crippen molar-refractivity contribution in [1.29, 1.82) is 0 Å². The lowest BCUT2D eigenvalue weighted by Crippen LogP contribution is -2.22. The number of rotatable bonds is 7. The maximum Gasteiger partial charge on any atom is 0.355 e. The highest BCUT2D eigenvalue weighted by Gasteiger charge is 2.09. The second-order valence-corrected chi connectivity index (χ2v) is 5.99. The number of benzene rings is 1. The van der Waals surface area contributed by atoms with Gasteiger partial charge in [0.1, 0.15) is 5.01 Å². The molecule has 1 aromatic carbocycles. The molecule has 0 saturated heterocycles. The number of amides is 1. The Morgan fingerprint density at radius 2 is 2.00 bits per heavy atom. The van der Waals surface area contributed by atoms with Gasteiger partial charge in [0.25, 0.3) is 0 Å². The van der Waals surface area contributed by atoms with E-state index in [1.54, 1.807) is 0 Å². The van der Waals surface area contributed by atoms with Gasteiger partial charge in [0, 0.05) is 11.8 Å². The summed E-state index contributed by atoms with van der Waals surface area (Å²) in [6.45, 7) is 2.33. The normalized spacial score (nSPS) is 10.4. The Balaban J connectivity index is 1.69. The Morgan fingerprint density at radius 3 is 2.64 bits per heavy atom. The van der Waals surface area contributed by atoms with Gasteiger partial charge >= 0.3 is 5.97 Å². The minimum atomic E-state index is -1.05. The van der Waals surface area contributed by atoms with Crippen LogP contribution < -0.4 is 5.32 Å². The first-order chi connectivity index (χ1) is 10.5. The monoisotopic (exact) mass is 318 g/mol. The van der Waals surface area contributed by atoms with Gasteiger partial charge in [-0.05, 0) is 25.3 Å². The van der Waals surface area contributed by atoms with Crippen LogP contribution in [-0.4, -0.2) is 22.0 Å². The van der Waals surface area contributed by atoms with E-state index in [1.165, 1.54) is 27.8 Å². The van der Waals surface area contributed by atoms with Crippen molar-refractivity contribution >= 4 is 23.2 Å². The molecule has 1 heterocycles. The van der Waals surface area contributed by atoms with Crippen molar-refractivity contribution in [2.75, 3.05) is 0 Å². The molecule has 0 aliphatic carbocycles. The third-order valence-corrected chi connectivity index (χ3v) is 4.05. The maximum atomic E-state index is 11.8. The number of nitrogens with one attached hydrogen (secondary N) is 1. The number of aryl methyl sites for hydroxylation is 2. The summed E-state index contributed by atoms with van der Waals surface area (Å²) >= 11 is 1.24. The van der Waals surface area contributed by atoms with E-state index in [0.717, 1.165) is 12.8 Å². The minimum Gasteiger partial charge on any atom is -0.476 e. The first-order valence-corrected chi connectivity index (χ1v) is 7.92. The molecule has 6 heteroatoms. The Labute approximate surface area is 133 Å². The summed E-state index contributed by atoms with van der Waals surface area (Å²) < 4.78 is 0. The van der Waals surface area contributed by atoms with Crippen molar-refractivity contribution < 1.29 is 14.7 Å². The fourth-order valence-electron chi connectivity index (χ4n) is 1.96. The number of carbonyl (C=O) groups excluding carboxylic acids is 1. The molecule has 0 unspecified atom stereocenters. The number of hydrogen-bond acceptors (Lipinski definition) is 4. The van der Waals surface area contributed by atoms with E-state index in [1.807, 2.05) is 6.92 Å². The maximum absolute atomic E-state index is 11.8. The molecule has 0 saturated carbocycles. The largest absolute Gasteiger partial charge is 0.476 e. The topological polar surface area (TPSA) is 79.3 Å². The van der Waals surface area contributed by atoms with Crippen LogP contribution in [0.2, 0.25) is 0 Å². The molecule has 0 bridgehead atoms. The molecule has 0 aliphatic heterocycles. The van der Waals surface area contributed by atoms with Crippen molar-refractivity contribution in [3.8, 4) is 0 Å². The van der Waals surface area contributed by atoms with Gasteiger partial charge < -0.3 is 10.4 Å². The molecule has 5 nitrogen and oxygen atoms in total. The molecular formula is C16H18N2O3S. The highest BCUT2D eigenvalue weighted by molar-refractivity contribution is 7.09. The van der Waals surface area contributed by atoms with E-state index in [0.29, 0.717) is 11.4 Å². The zero-order valence-electron chi connectivity index (χ0n) is 12.3. The fraction of sp³-hybridized carbons (Fsp3) is 0.312. The summed E-state index contributed by atoms with van der Waals surface area (Å²) in [5.41, 5.74) is 2.48. The number of carboxylic acids is 1. The zero-order valence-corrected chi connectivity index (χ0v) is 13.2. The summed E-state index contributed by atoms with van der Waals surface area (Å²) in [5.74, 6) is -1.09. The molecule has 0 radical (unpaired) electrons. The van der Waals surface area contributed by atoms with E-state index in [4.69, 9.17) is 5.11 Å². The lowest BCUT2D eigenvalue weighted by molar-refractivity contribution is -0.121. The average molecular weight is 318 g/mol. The minimum absolute atomic E-state index is 0.0219. The fourth-order valence-corrected chi connectivity index (χ4v) is 2.67. The molecule has 0 aliphatic rings. The van der Waals surface area contributed by atoms with Crippen LogP contribution in [-0.2, 0) is 17.8 Å². The van der Waals surface area contributed by atoms with E-state index in [9.17, 15) is 9.59 Å². The molecule has 2 rings (SSSR count). The summed E-state index contributed by atoms with van der Waals surface area (Å²) in [5, 5.41) is 13.6. The second-order valence-electron chi connectivity index (χ2n) is 5.05. The molecule has 2 N–H and O–H groups in total.